The third kappa shape index (κ3) is 16.9. The number of nitrogens with one attached hydrogen (secondary N) is 2. The lowest BCUT2D eigenvalue weighted by Gasteiger charge is -2.17. The first-order valence-corrected chi connectivity index (χ1v) is 24.7. The fraction of sp³-hybridized carbons (Fsp3) is 0.462. The van der Waals surface area contributed by atoms with Gasteiger partial charge in [0.25, 0.3) is 11.8 Å². The Bertz CT molecular complexity index is 2850. The van der Waals surface area contributed by atoms with Crippen molar-refractivity contribution in [3.05, 3.63) is 88.4 Å². The monoisotopic (exact) mass is 1010 g/mol. The first-order valence-electron chi connectivity index (χ1n) is 24.7. The minimum Gasteiger partial charge on any atom is -0.491 e. The van der Waals surface area contributed by atoms with Crippen molar-refractivity contribution in [3.63, 3.8) is 0 Å². The van der Waals surface area contributed by atoms with E-state index in [0.29, 0.717) is 125 Å². The Morgan fingerprint density at radius 1 is 0.959 bits per heavy atom. The van der Waals surface area contributed by atoms with Crippen molar-refractivity contribution in [2.75, 3.05) is 52.7 Å². The van der Waals surface area contributed by atoms with Crippen LogP contribution in [0.4, 0.5) is 5.95 Å². The number of aliphatic imine (C=N–C) groups is 1. The molecule has 0 radical (unpaired) electrons. The van der Waals surface area contributed by atoms with Crippen LogP contribution in [0.25, 0.3) is 33.0 Å². The Hall–Kier alpha value is -7.36. The molecule has 5 aromatic heterocycles. The molecule has 5 heterocycles. The predicted molar refractivity (Wildman–Crippen MR) is 290 cm³/mol. The number of aliphatic hydroxyl groups excluding tert-OH is 1. The number of aliphatic hydroxyl groups is 1. The van der Waals surface area contributed by atoms with Gasteiger partial charge in [0.15, 0.2) is 11.7 Å². The molecule has 0 fully saturated rings. The van der Waals surface area contributed by atoms with Crippen LogP contribution in [0.1, 0.15) is 130 Å². The molecule has 3 amide bonds. The largest absolute Gasteiger partial charge is 0.491 e. The number of hydrogen-bond donors (Lipinski definition) is 6. The van der Waals surface area contributed by atoms with Crippen LogP contribution in [0, 0.1) is 13.8 Å². The van der Waals surface area contributed by atoms with Crippen molar-refractivity contribution < 1.29 is 33.4 Å². The number of amides is 3. The number of primary amides is 1. The molecule has 6 aromatic rings. The smallest absolute Gasteiger partial charge is 0.295 e. The lowest BCUT2D eigenvalue weighted by Crippen LogP contribution is -2.30. The molecular weight excluding hydrogens is 933 g/mol. The third-order valence-corrected chi connectivity index (χ3v) is 10.1. The zero-order valence-corrected chi connectivity index (χ0v) is 45.2. The molecule has 0 spiro atoms. The van der Waals surface area contributed by atoms with Gasteiger partial charge in [-0.1, -0.05) is 46.8 Å². The lowest BCUT2D eigenvalue weighted by molar-refractivity contribution is -0.129. The number of ether oxygens (including phenoxy) is 1. The van der Waals surface area contributed by atoms with Crippen molar-refractivity contribution in [1.82, 2.24) is 44.3 Å². The summed E-state index contributed by atoms with van der Waals surface area (Å²) in [4.78, 5) is 80.1. The number of allylic oxidation sites excluding steroid dienone is 4. The number of fused-ring (bicyclic) bond motifs is 4. The fourth-order valence-electron chi connectivity index (χ4n) is 7.22. The number of aryl methyl sites for hydroxylation is 3. The molecule has 6 rings (SSSR count). The first kappa shape index (κ1) is 61.8. The highest BCUT2D eigenvalue weighted by molar-refractivity contribution is 6.12. The van der Waals surface area contributed by atoms with Gasteiger partial charge >= 0.3 is 0 Å². The summed E-state index contributed by atoms with van der Waals surface area (Å²) in [7, 11) is 5.05. The highest BCUT2D eigenvalue weighted by Crippen LogP contribution is 2.33. The number of rotatable bonds is 20. The molecule has 21 heteroatoms. The molecule has 0 saturated heterocycles. The second-order valence-corrected chi connectivity index (χ2v) is 15.9. The number of aromatic nitrogens is 7. The van der Waals surface area contributed by atoms with E-state index in [4.69, 9.17) is 35.7 Å². The molecule has 0 aliphatic heterocycles. The van der Waals surface area contributed by atoms with Crippen molar-refractivity contribution >= 4 is 68.6 Å². The molecule has 1 aromatic carbocycles. The zero-order valence-electron chi connectivity index (χ0n) is 45.2. The molecule has 0 bridgehead atoms. The number of nitrogens with zero attached hydrogens (tertiary/aromatic N) is 9. The van der Waals surface area contributed by atoms with Crippen LogP contribution in [0.2, 0.25) is 0 Å². The maximum Gasteiger partial charge on any atom is 0.295 e. The van der Waals surface area contributed by atoms with E-state index < -0.39 is 11.8 Å². The van der Waals surface area contributed by atoms with Gasteiger partial charge in [0.1, 0.15) is 34.6 Å². The van der Waals surface area contributed by atoms with E-state index >= 15 is 0 Å². The number of imidazole rings is 1. The van der Waals surface area contributed by atoms with Crippen molar-refractivity contribution in [2.45, 2.75) is 115 Å². The summed E-state index contributed by atoms with van der Waals surface area (Å²) in [6, 6.07) is 4.89. The molecule has 0 unspecified atom stereocenters. The van der Waals surface area contributed by atoms with Gasteiger partial charge in [0.2, 0.25) is 17.6 Å². The minimum absolute atomic E-state index is 0.0117. The number of hydrogen-bond acceptors (Lipinski definition) is 16. The Morgan fingerprint density at radius 3 is 2.21 bits per heavy atom. The van der Waals surface area contributed by atoms with Gasteiger partial charge in [-0.2, -0.15) is 0 Å². The van der Waals surface area contributed by atoms with Gasteiger partial charge in [0.05, 0.1) is 29.0 Å². The van der Waals surface area contributed by atoms with Gasteiger partial charge in [-0.15, -0.1) is 0 Å². The molecule has 9 N–H and O–H groups in total. The molecule has 398 valence electrons. The topological polar surface area (TPSA) is 303 Å². The Morgan fingerprint density at radius 2 is 1.62 bits per heavy atom. The average molecular weight is 1010 g/mol. The second kappa shape index (κ2) is 31.2. The molecule has 0 aliphatic carbocycles. The van der Waals surface area contributed by atoms with Crippen molar-refractivity contribution in [2.24, 2.45) is 22.2 Å². The quantitative estimate of drug-likeness (QED) is 0.0208. The van der Waals surface area contributed by atoms with Crippen LogP contribution >= 0.6 is 0 Å². The maximum absolute atomic E-state index is 13.7. The zero-order chi connectivity index (χ0) is 54.9. The number of carbonyl (C=O) groups excluding carboxylic acids is 4. The van der Waals surface area contributed by atoms with Gasteiger partial charge in [-0.3, -0.25) is 29.5 Å². The lowest BCUT2D eigenvalue weighted by atomic mass is 10.1. The number of aldehydes is 1. The number of pyridine rings is 1. The normalized spacial score (nSPS) is 11.3. The van der Waals surface area contributed by atoms with E-state index in [1.807, 2.05) is 58.3 Å². The summed E-state index contributed by atoms with van der Waals surface area (Å²) in [5.74, 6) is 0.156. The molecule has 21 nitrogen and oxygen atoms in total. The number of anilines is 1. The minimum atomic E-state index is -0.662. The summed E-state index contributed by atoms with van der Waals surface area (Å²) >= 11 is 0. The van der Waals surface area contributed by atoms with E-state index in [0.717, 1.165) is 5.52 Å². The van der Waals surface area contributed by atoms with Crippen LogP contribution in [0.3, 0.4) is 0 Å². The molecule has 73 heavy (non-hydrogen) atoms. The van der Waals surface area contributed by atoms with Crippen LogP contribution in [0.5, 0.6) is 5.75 Å². The Labute approximate surface area is 428 Å². The number of benzene rings is 1. The summed E-state index contributed by atoms with van der Waals surface area (Å²) in [5.41, 5.74) is 21.0. The van der Waals surface area contributed by atoms with E-state index in [9.17, 15) is 19.2 Å². The summed E-state index contributed by atoms with van der Waals surface area (Å²) in [5, 5.41) is 15.3. The summed E-state index contributed by atoms with van der Waals surface area (Å²) < 4.78 is 15.8. The predicted octanol–water partition coefficient (Wildman–Crippen LogP) is 6.44. The van der Waals surface area contributed by atoms with Crippen LogP contribution < -0.4 is 32.6 Å². The maximum atomic E-state index is 13.7. The summed E-state index contributed by atoms with van der Waals surface area (Å²) in [6.45, 7) is 22.7. The fourth-order valence-corrected chi connectivity index (χ4v) is 7.22. The van der Waals surface area contributed by atoms with Crippen molar-refractivity contribution in [3.8, 4) is 5.75 Å². The van der Waals surface area contributed by atoms with E-state index in [-0.39, 0.29) is 42.6 Å². The number of oxazole rings is 1. The van der Waals surface area contributed by atoms with E-state index in [1.165, 1.54) is 7.05 Å². The number of carbonyl (C=O) groups is 4. The van der Waals surface area contributed by atoms with Gasteiger partial charge in [0, 0.05) is 87.4 Å². The molecule has 0 aliphatic rings. The second-order valence-electron chi connectivity index (χ2n) is 15.9. The summed E-state index contributed by atoms with van der Waals surface area (Å²) in [6.07, 6.45) is 9.15. The Kier molecular flexibility index (Phi) is 26.4. The number of nitrogens with two attached hydrogens (primary N) is 3. The van der Waals surface area contributed by atoms with Gasteiger partial charge < -0.3 is 50.8 Å². The third-order valence-electron chi connectivity index (χ3n) is 10.1. The molecule has 0 saturated carbocycles. The van der Waals surface area contributed by atoms with E-state index in [1.54, 1.807) is 88.7 Å². The SMILES string of the molecule is CC.CC.CC(C)O.CCN=C(/C=C(/C)N)c1ncc2c3cc(C(N)=O)nc(C)c3n(C/C=C/Cn3c(NC(=O)c4oc(C)nc4CC)nc4cc(C=O)cc(OCCCN(C)C(=O)CCNC)c43)c2n1.CN. The highest BCUT2D eigenvalue weighted by Gasteiger charge is 2.24. The van der Waals surface area contributed by atoms with Gasteiger partial charge in [-0.25, -0.2) is 24.9 Å². The van der Waals surface area contributed by atoms with Crippen molar-refractivity contribution in [1.29, 1.82) is 0 Å². The standard InChI is InChI=1S/C44H53N13O6.C3H8O.2C2H6.CH5N/c1-8-31-39(63-27(5)51-31)43(61)54-44-52-32-20-28(24-58)21-35(62-18-12-15-55(7)36(59)13-14-47-6)38(32)57(44)17-11-10-16-56-37-26(4)50-33(40(46)60)22-29(37)30-23-49-41(53-42(30)56)34(48-9-2)19-25(3)45;1-3(2)4;3*1-2/h10-11,19-24,47H,8-9,12-18,45H2,1-7H3,(H2,46,60)(H,52,54,61);3-4H,1-2H3;2*1-2H3;2H2,1H3/b11-10+,25-19-,48-34?;;;;. The van der Waals surface area contributed by atoms with Gasteiger partial charge in [-0.05, 0) is 85.8 Å². The molecular formula is C52H78N14O7. The first-order chi connectivity index (χ1) is 35.0. The highest BCUT2D eigenvalue weighted by atomic mass is 16.5. The molecule has 0 atom stereocenters. The van der Waals surface area contributed by atoms with Crippen LogP contribution in [-0.2, 0) is 24.3 Å². The van der Waals surface area contributed by atoms with E-state index in [2.05, 4.69) is 36.3 Å². The Balaban J connectivity index is 0.00000170. The van der Waals surface area contributed by atoms with Crippen LogP contribution in [0.15, 0.2) is 57.7 Å². The average Bonchev–Trinajstić information content (AvgIpc) is 4.04. The van der Waals surface area contributed by atoms with Crippen LogP contribution in [-0.4, -0.2) is 127 Å².